The predicted molar refractivity (Wildman–Crippen MR) is 88.6 cm³/mol. The molecule has 0 saturated carbocycles. The molecular formula is C16H25N3O3S. The Morgan fingerprint density at radius 2 is 2.09 bits per heavy atom. The molecule has 2 unspecified atom stereocenters. The van der Waals surface area contributed by atoms with E-state index in [2.05, 4.69) is 10.2 Å². The van der Waals surface area contributed by atoms with E-state index < -0.39 is 16.4 Å². The molecule has 0 radical (unpaired) electrons. The van der Waals surface area contributed by atoms with Gasteiger partial charge in [-0.3, -0.25) is 4.21 Å². The molecule has 1 aliphatic heterocycles. The summed E-state index contributed by atoms with van der Waals surface area (Å²) in [4.78, 5) is 14.1. The van der Waals surface area contributed by atoms with Crippen molar-refractivity contribution in [1.29, 1.82) is 0 Å². The molecule has 6 nitrogen and oxygen atoms in total. The van der Waals surface area contributed by atoms with E-state index in [1.54, 1.807) is 17.0 Å². The number of hydrogen-bond donors (Lipinski definition) is 0. The second-order valence-electron chi connectivity index (χ2n) is 6.85. The first-order valence-electron chi connectivity index (χ1n) is 7.94. The van der Waals surface area contributed by atoms with Crippen LogP contribution < -0.4 is 0 Å². The fourth-order valence-electron chi connectivity index (χ4n) is 2.50. The van der Waals surface area contributed by atoms with Crippen LogP contribution in [0.1, 0.15) is 45.7 Å². The fourth-order valence-corrected chi connectivity index (χ4v) is 3.72. The van der Waals surface area contributed by atoms with Gasteiger partial charge in [-0.05, 0) is 59.1 Å². The highest BCUT2D eigenvalue weighted by Crippen LogP contribution is 2.22. The van der Waals surface area contributed by atoms with Crippen LogP contribution in [0, 0.1) is 6.92 Å². The topological polar surface area (TPSA) is 72.4 Å². The van der Waals surface area contributed by atoms with Gasteiger partial charge in [0.1, 0.15) is 10.6 Å². The predicted octanol–water partition coefficient (Wildman–Crippen LogP) is 2.68. The van der Waals surface area contributed by atoms with Crippen LogP contribution in [0.3, 0.4) is 0 Å². The summed E-state index contributed by atoms with van der Waals surface area (Å²) in [5, 5.41) is 8.40. The summed E-state index contributed by atoms with van der Waals surface area (Å²) in [5.41, 5.74) is 0.263. The summed E-state index contributed by atoms with van der Waals surface area (Å²) in [6.07, 6.45) is 2.49. The average Bonchev–Trinajstić information content (AvgIpc) is 2.46. The highest BCUT2D eigenvalue weighted by molar-refractivity contribution is 7.85. The molecule has 0 spiro atoms. The molecule has 23 heavy (non-hydrogen) atoms. The highest BCUT2D eigenvalue weighted by Gasteiger charge is 2.31. The highest BCUT2D eigenvalue weighted by atomic mass is 32.2. The van der Waals surface area contributed by atoms with E-state index in [1.807, 2.05) is 27.7 Å². The van der Waals surface area contributed by atoms with Crippen LogP contribution in [0.2, 0.25) is 0 Å². The van der Waals surface area contributed by atoms with Crippen LogP contribution >= 0.6 is 0 Å². The Morgan fingerprint density at radius 1 is 1.35 bits per heavy atom. The lowest BCUT2D eigenvalue weighted by atomic mass is 10.0. The molecule has 0 aromatic carbocycles. The Bertz CT molecular complexity index is 569. The third-order valence-corrected chi connectivity index (χ3v) is 4.98. The Balaban J connectivity index is 2.04. The van der Waals surface area contributed by atoms with E-state index >= 15 is 0 Å². The minimum Gasteiger partial charge on any atom is -0.444 e. The van der Waals surface area contributed by atoms with Gasteiger partial charge in [0.15, 0.2) is 0 Å². The summed E-state index contributed by atoms with van der Waals surface area (Å²) in [6.45, 7) is 8.04. The van der Waals surface area contributed by atoms with E-state index in [0.717, 1.165) is 25.0 Å². The molecular weight excluding hydrogens is 314 g/mol. The largest absolute Gasteiger partial charge is 0.444 e. The molecule has 0 N–H and O–H groups in total. The smallest absolute Gasteiger partial charge is 0.410 e. The van der Waals surface area contributed by atoms with Gasteiger partial charge in [-0.1, -0.05) is 0 Å². The number of carbonyl (C=O) groups is 1. The number of amides is 1. The molecule has 0 aliphatic carbocycles. The molecule has 1 fully saturated rings. The van der Waals surface area contributed by atoms with Crippen molar-refractivity contribution in [3.63, 3.8) is 0 Å². The van der Waals surface area contributed by atoms with Crippen LogP contribution in [-0.4, -0.2) is 49.3 Å². The monoisotopic (exact) mass is 339 g/mol. The van der Waals surface area contributed by atoms with Gasteiger partial charge in [-0.15, -0.1) is 5.10 Å². The van der Waals surface area contributed by atoms with E-state index in [4.69, 9.17) is 4.74 Å². The average molecular weight is 339 g/mol. The maximum Gasteiger partial charge on any atom is 0.410 e. The zero-order valence-corrected chi connectivity index (χ0v) is 15.1. The van der Waals surface area contributed by atoms with Crippen LogP contribution in [0.25, 0.3) is 0 Å². The number of nitrogens with zero attached hydrogens (tertiary/aromatic N) is 3. The molecule has 0 bridgehead atoms. The molecule has 1 saturated heterocycles. The van der Waals surface area contributed by atoms with Crippen molar-refractivity contribution in [2.75, 3.05) is 12.3 Å². The summed E-state index contributed by atoms with van der Waals surface area (Å²) >= 11 is 0. The molecule has 2 heterocycles. The standard InChI is InChI=1S/C16H25N3O3S/c1-12-8-9-14(18-17-12)23(21)11-13-7-5-6-10-19(13)15(20)22-16(2,3)4/h8-9,13H,5-7,10-11H2,1-4H3. The lowest BCUT2D eigenvalue weighted by Crippen LogP contribution is -2.48. The van der Waals surface area contributed by atoms with Crippen LogP contribution in [0.15, 0.2) is 17.2 Å². The maximum atomic E-state index is 12.5. The number of hydrogen-bond acceptors (Lipinski definition) is 5. The second kappa shape index (κ2) is 7.38. The van der Waals surface area contributed by atoms with Gasteiger partial charge < -0.3 is 9.64 Å². The summed E-state index contributed by atoms with van der Waals surface area (Å²) in [5.74, 6) is 0.372. The Morgan fingerprint density at radius 3 is 2.70 bits per heavy atom. The van der Waals surface area contributed by atoms with Crippen molar-refractivity contribution < 1.29 is 13.7 Å². The Labute approximate surface area is 140 Å². The third-order valence-electron chi connectivity index (χ3n) is 3.61. The minimum absolute atomic E-state index is 0.0810. The number of rotatable bonds is 3. The maximum absolute atomic E-state index is 12.5. The molecule has 1 amide bonds. The summed E-state index contributed by atoms with van der Waals surface area (Å²) in [6, 6.07) is 3.45. The third kappa shape index (κ3) is 5.27. The van der Waals surface area contributed by atoms with Crippen LogP contribution in [-0.2, 0) is 15.5 Å². The Hall–Kier alpha value is -1.50. The van der Waals surface area contributed by atoms with E-state index in [-0.39, 0.29) is 12.1 Å². The van der Waals surface area contributed by atoms with Gasteiger partial charge in [0, 0.05) is 12.6 Å². The molecule has 2 rings (SSSR count). The zero-order valence-electron chi connectivity index (χ0n) is 14.2. The first kappa shape index (κ1) is 17.8. The number of aromatic nitrogens is 2. The van der Waals surface area contributed by atoms with Gasteiger partial charge >= 0.3 is 6.09 Å². The van der Waals surface area contributed by atoms with Crippen molar-refractivity contribution >= 4 is 16.9 Å². The molecule has 1 aromatic heterocycles. The van der Waals surface area contributed by atoms with Crippen molar-refractivity contribution in [1.82, 2.24) is 15.1 Å². The van der Waals surface area contributed by atoms with Crippen molar-refractivity contribution in [2.45, 2.75) is 63.6 Å². The van der Waals surface area contributed by atoms with Crippen molar-refractivity contribution in [2.24, 2.45) is 0 Å². The normalized spacial score (nSPS) is 20.2. The molecule has 1 aliphatic rings. The van der Waals surface area contributed by atoms with E-state index in [9.17, 15) is 9.00 Å². The van der Waals surface area contributed by atoms with Gasteiger partial charge in [-0.2, -0.15) is 5.10 Å². The van der Waals surface area contributed by atoms with Gasteiger partial charge in [0.2, 0.25) is 0 Å². The molecule has 7 heteroatoms. The quantitative estimate of drug-likeness (QED) is 0.846. The van der Waals surface area contributed by atoms with Crippen molar-refractivity contribution in [3.8, 4) is 0 Å². The molecule has 1 aromatic rings. The summed E-state index contributed by atoms with van der Waals surface area (Å²) in [7, 11) is -1.27. The number of ether oxygens (including phenoxy) is 1. The number of piperidine rings is 1. The first-order chi connectivity index (χ1) is 10.8. The van der Waals surface area contributed by atoms with Crippen LogP contribution in [0.5, 0.6) is 0 Å². The van der Waals surface area contributed by atoms with Crippen LogP contribution in [0.4, 0.5) is 4.79 Å². The second-order valence-corrected chi connectivity index (χ2v) is 8.29. The van der Waals surface area contributed by atoms with E-state index in [0.29, 0.717) is 17.3 Å². The van der Waals surface area contributed by atoms with Gasteiger partial charge in [0.25, 0.3) is 0 Å². The number of aryl methyl sites for hydroxylation is 1. The minimum atomic E-state index is -1.27. The first-order valence-corrected chi connectivity index (χ1v) is 9.26. The molecule has 128 valence electrons. The Kier molecular flexibility index (Phi) is 5.73. The fraction of sp³-hybridized carbons (Fsp3) is 0.688. The van der Waals surface area contributed by atoms with E-state index in [1.165, 1.54) is 0 Å². The lowest BCUT2D eigenvalue weighted by molar-refractivity contribution is 0.0125. The zero-order chi connectivity index (χ0) is 17.0. The SMILES string of the molecule is Cc1ccc(S(=O)CC2CCCCN2C(=O)OC(C)(C)C)nn1. The number of likely N-dealkylation sites (tertiary alicyclic amines) is 1. The summed E-state index contributed by atoms with van der Waals surface area (Å²) < 4.78 is 18.0. The lowest BCUT2D eigenvalue weighted by Gasteiger charge is -2.36. The molecule has 2 atom stereocenters. The van der Waals surface area contributed by atoms with Gasteiger partial charge in [-0.25, -0.2) is 4.79 Å². The van der Waals surface area contributed by atoms with Crippen molar-refractivity contribution in [3.05, 3.63) is 17.8 Å². The van der Waals surface area contributed by atoms with Gasteiger partial charge in [0.05, 0.1) is 22.2 Å². The number of carbonyl (C=O) groups excluding carboxylic acids is 1.